The van der Waals surface area contributed by atoms with Crippen LogP contribution in [0.15, 0.2) is 29.6 Å². The van der Waals surface area contributed by atoms with Crippen molar-refractivity contribution >= 4 is 23.0 Å². The maximum absolute atomic E-state index is 11.0. The van der Waals surface area contributed by atoms with Crippen molar-refractivity contribution in [2.45, 2.75) is 13.5 Å². The molecule has 6 nitrogen and oxygen atoms in total. The third-order valence-corrected chi connectivity index (χ3v) is 3.65. The summed E-state index contributed by atoms with van der Waals surface area (Å²) in [6, 6.07) is 6.27. The van der Waals surface area contributed by atoms with Crippen LogP contribution in [0.1, 0.15) is 20.8 Å². The molecule has 7 heteroatoms. The molecule has 2 aromatic rings. The molecule has 0 spiro atoms. The molecule has 1 aromatic heterocycles. The van der Waals surface area contributed by atoms with E-state index in [1.165, 1.54) is 6.07 Å². The van der Waals surface area contributed by atoms with Gasteiger partial charge in [-0.1, -0.05) is 12.1 Å². The lowest BCUT2D eigenvalue weighted by Crippen LogP contribution is -2.04. The molecule has 0 aliphatic heterocycles. The lowest BCUT2D eigenvalue weighted by molar-refractivity contribution is -0.386. The van der Waals surface area contributed by atoms with Gasteiger partial charge in [0.25, 0.3) is 0 Å². The second-order valence-corrected chi connectivity index (χ2v) is 4.97. The summed E-state index contributed by atoms with van der Waals surface area (Å²) < 4.78 is 5.47. The highest BCUT2D eigenvalue weighted by Gasteiger charge is 2.18. The first-order valence-corrected chi connectivity index (χ1v) is 6.55. The minimum absolute atomic E-state index is 0.0170. The Hall–Kier alpha value is -2.41. The number of rotatable bonds is 5. The number of aromatic carboxylic acids is 1. The topological polar surface area (TPSA) is 89.7 Å². The fourth-order valence-corrected chi connectivity index (χ4v) is 2.50. The van der Waals surface area contributed by atoms with Gasteiger partial charge >= 0.3 is 11.7 Å². The van der Waals surface area contributed by atoms with Gasteiger partial charge in [0.15, 0.2) is 5.75 Å². The molecule has 0 unspecified atom stereocenters. The maximum atomic E-state index is 11.0. The summed E-state index contributed by atoms with van der Waals surface area (Å²) in [5.74, 6) is -0.863. The number of nitro benzene ring substituents is 1. The predicted octanol–water partition coefficient (Wildman–Crippen LogP) is 3.24. The Kier molecular flexibility index (Phi) is 3.99. The summed E-state index contributed by atoms with van der Waals surface area (Å²) in [6.07, 6.45) is 0. The van der Waals surface area contributed by atoms with Crippen molar-refractivity contribution in [3.63, 3.8) is 0 Å². The standard InChI is InChI=1S/C13H11NO5S/c1-8-3-2-4-10(14(17)18)11(8)19-7-9-5-6-20-12(9)13(15)16/h2-6H,7H2,1H3,(H,15,16). The molecule has 1 heterocycles. The van der Waals surface area contributed by atoms with E-state index in [0.29, 0.717) is 11.1 Å². The summed E-state index contributed by atoms with van der Waals surface area (Å²) in [5.41, 5.74) is 1.00. The first kappa shape index (κ1) is 14.0. The Morgan fingerprint density at radius 2 is 2.20 bits per heavy atom. The molecule has 2 rings (SSSR count). The Balaban J connectivity index is 2.25. The van der Waals surface area contributed by atoms with Gasteiger partial charge in [-0.15, -0.1) is 11.3 Å². The van der Waals surface area contributed by atoms with E-state index in [2.05, 4.69) is 0 Å². The molecule has 104 valence electrons. The number of aryl methyl sites for hydroxylation is 1. The Bertz CT molecular complexity index is 665. The van der Waals surface area contributed by atoms with Gasteiger partial charge in [0.05, 0.1) is 4.92 Å². The molecule has 0 saturated heterocycles. The van der Waals surface area contributed by atoms with Gasteiger partial charge < -0.3 is 9.84 Å². The third kappa shape index (κ3) is 2.77. The van der Waals surface area contributed by atoms with Gasteiger partial charge in [-0.2, -0.15) is 0 Å². The summed E-state index contributed by atoms with van der Waals surface area (Å²) in [7, 11) is 0. The van der Waals surface area contributed by atoms with Crippen molar-refractivity contribution < 1.29 is 19.6 Å². The summed E-state index contributed by atoms with van der Waals surface area (Å²) in [6.45, 7) is 1.69. The zero-order valence-electron chi connectivity index (χ0n) is 10.5. The number of ether oxygens (including phenoxy) is 1. The number of nitrogens with zero attached hydrogens (tertiary/aromatic N) is 1. The van der Waals surface area contributed by atoms with Crippen LogP contribution in [0.2, 0.25) is 0 Å². The zero-order valence-corrected chi connectivity index (χ0v) is 11.3. The first-order chi connectivity index (χ1) is 9.50. The lowest BCUT2D eigenvalue weighted by Gasteiger charge is -2.09. The highest BCUT2D eigenvalue weighted by Crippen LogP contribution is 2.31. The smallest absolute Gasteiger partial charge is 0.346 e. The number of hydrogen-bond donors (Lipinski definition) is 1. The van der Waals surface area contributed by atoms with E-state index < -0.39 is 10.9 Å². The minimum atomic E-state index is -1.03. The van der Waals surface area contributed by atoms with Crippen LogP contribution in [0.25, 0.3) is 0 Å². The van der Waals surface area contributed by atoms with Crippen LogP contribution < -0.4 is 4.74 Å². The first-order valence-electron chi connectivity index (χ1n) is 5.67. The molecule has 0 amide bonds. The fourth-order valence-electron chi connectivity index (χ4n) is 1.76. The van der Waals surface area contributed by atoms with E-state index in [0.717, 1.165) is 11.3 Å². The number of carbonyl (C=O) groups is 1. The molecular formula is C13H11NO5S. The molecule has 0 fully saturated rings. The highest BCUT2D eigenvalue weighted by atomic mass is 32.1. The third-order valence-electron chi connectivity index (χ3n) is 2.70. The van der Waals surface area contributed by atoms with Crippen LogP contribution >= 0.6 is 11.3 Å². The Morgan fingerprint density at radius 3 is 2.85 bits per heavy atom. The molecule has 0 aliphatic carbocycles. The number of nitro groups is 1. The number of hydrogen-bond acceptors (Lipinski definition) is 5. The van der Waals surface area contributed by atoms with Gasteiger partial charge in [-0.05, 0) is 23.9 Å². The van der Waals surface area contributed by atoms with E-state index >= 15 is 0 Å². The Labute approximate surface area is 118 Å². The van der Waals surface area contributed by atoms with Crippen molar-refractivity contribution in [1.29, 1.82) is 0 Å². The minimum Gasteiger partial charge on any atom is -0.482 e. The van der Waals surface area contributed by atoms with Crippen LogP contribution in [-0.2, 0) is 6.61 Å². The average Bonchev–Trinajstić information content (AvgIpc) is 2.85. The van der Waals surface area contributed by atoms with E-state index in [1.54, 1.807) is 30.5 Å². The largest absolute Gasteiger partial charge is 0.482 e. The van der Waals surface area contributed by atoms with Gasteiger partial charge in [-0.25, -0.2) is 4.79 Å². The molecule has 0 atom stereocenters. The monoisotopic (exact) mass is 293 g/mol. The SMILES string of the molecule is Cc1cccc([N+](=O)[O-])c1OCc1ccsc1C(=O)O. The molecule has 20 heavy (non-hydrogen) atoms. The number of carboxylic acids is 1. The van der Waals surface area contributed by atoms with Crippen LogP contribution in [0.3, 0.4) is 0 Å². The average molecular weight is 293 g/mol. The fraction of sp³-hybridized carbons (Fsp3) is 0.154. The normalized spacial score (nSPS) is 10.2. The molecule has 1 N–H and O–H groups in total. The number of para-hydroxylation sites is 1. The van der Waals surface area contributed by atoms with Gasteiger partial charge in [0, 0.05) is 11.6 Å². The van der Waals surface area contributed by atoms with Gasteiger partial charge in [-0.3, -0.25) is 10.1 Å². The van der Waals surface area contributed by atoms with Crippen molar-refractivity contribution in [2.24, 2.45) is 0 Å². The van der Waals surface area contributed by atoms with Crippen molar-refractivity contribution in [3.8, 4) is 5.75 Å². The van der Waals surface area contributed by atoms with Crippen LogP contribution in [0.5, 0.6) is 5.75 Å². The molecule has 0 saturated carbocycles. The highest BCUT2D eigenvalue weighted by molar-refractivity contribution is 7.12. The zero-order chi connectivity index (χ0) is 14.7. The molecule has 0 aliphatic rings. The number of thiophene rings is 1. The Morgan fingerprint density at radius 1 is 1.45 bits per heavy atom. The summed E-state index contributed by atoms with van der Waals surface area (Å²) >= 11 is 1.09. The van der Waals surface area contributed by atoms with Crippen LogP contribution in [0.4, 0.5) is 5.69 Å². The number of benzene rings is 1. The van der Waals surface area contributed by atoms with Crippen molar-refractivity contribution in [1.82, 2.24) is 0 Å². The van der Waals surface area contributed by atoms with Gasteiger partial charge in [0.2, 0.25) is 0 Å². The molecule has 1 aromatic carbocycles. The molecule has 0 bridgehead atoms. The maximum Gasteiger partial charge on any atom is 0.346 e. The van der Waals surface area contributed by atoms with E-state index in [9.17, 15) is 14.9 Å². The second kappa shape index (κ2) is 5.70. The molecular weight excluding hydrogens is 282 g/mol. The van der Waals surface area contributed by atoms with Gasteiger partial charge in [0.1, 0.15) is 11.5 Å². The van der Waals surface area contributed by atoms with E-state index in [4.69, 9.17) is 9.84 Å². The summed E-state index contributed by atoms with van der Waals surface area (Å²) in [5, 5.41) is 21.6. The van der Waals surface area contributed by atoms with Crippen LogP contribution in [-0.4, -0.2) is 16.0 Å². The molecule has 0 radical (unpaired) electrons. The van der Waals surface area contributed by atoms with E-state index in [1.807, 2.05) is 0 Å². The lowest BCUT2D eigenvalue weighted by atomic mass is 10.2. The van der Waals surface area contributed by atoms with Crippen molar-refractivity contribution in [2.75, 3.05) is 0 Å². The van der Waals surface area contributed by atoms with E-state index in [-0.39, 0.29) is 22.9 Å². The second-order valence-electron chi connectivity index (χ2n) is 4.05. The van der Waals surface area contributed by atoms with Crippen molar-refractivity contribution in [3.05, 3.63) is 55.8 Å². The summed E-state index contributed by atoms with van der Waals surface area (Å²) in [4.78, 5) is 21.6. The van der Waals surface area contributed by atoms with Crippen LogP contribution in [0, 0.1) is 17.0 Å². The predicted molar refractivity (Wildman–Crippen MR) is 73.4 cm³/mol. The quantitative estimate of drug-likeness (QED) is 0.675. The number of carboxylic acid groups (broad SMARTS) is 1.